The second-order valence-electron chi connectivity index (χ2n) is 8.01. The van der Waals surface area contributed by atoms with Gasteiger partial charge in [0.1, 0.15) is 5.82 Å². The van der Waals surface area contributed by atoms with Crippen LogP contribution in [0.3, 0.4) is 0 Å². The predicted octanol–water partition coefficient (Wildman–Crippen LogP) is 4.04. The summed E-state index contributed by atoms with van der Waals surface area (Å²) >= 11 is 0. The minimum absolute atomic E-state index is 0.0229. The van der Waals surface area contributed by atoms with Gasteiger partial charge in [0.15, 0.2) is 0 Å². The smallest absolute Gasteiger partial charge is 0.208 e. The van der Waals surface area contributed by atoms with E-state index in [1.54, 1.807) is 12.1 Å². The Bertz CT molecular complexity index is 1080. The zero-order chi connectivity index (χ0) is 22.6. The standard InChI is InChI=1S/C22H29FN2O4S2/c1-3-17(2)25(16-18-8-10-19(23)11-9-18)31(28,29)22-14-12-21(13-15-22)30(26,27)24-20-6-4-5-7-20/h8-15,17,20,24H,3-7,16H2,1-2H3/t17-/m1/s1. The number of nitrogens with zero attached hydrogens (tertiary/aromatic N) is 1. The highest BCUT2D eigenvalue weighted by Crippen LogP contribution is 2.25. The normalized spacial score (nSPS) is 16.6. The van der Waals surface area contributed by atoms with Crippen molar-refractivity contribution < 1.29 is 21.2 Å². The van der Waals surface area contributed by atoms with Crippen LogP contribution < -0.4 is 4.72 Å². The summed E-state index contributed by atoms with van der Waals surface area (Å²) in [6, 6.07) is 10.7. The lowest BCUT2D eigenvalue weighted by Gasteiger charge is -2.28. The number of nitrogens with one attached hydrogen (secondary N) is 1. The number of sulfonamides is 2. The third kappa shape index (κ3) is 5.71. The summed E-state index contributed by atoms with van der Waals surface area (Å²) in [6.45, 7) is 3.80. The molecule has 1 N–H and O–H groups in total. The maximum absolute atomic E-state index is 13.3. The van der Waals surface area contributed by atoms with Gasteiger partial charge in [0.25, 0.3) is 0 Å². The summed E-state index contributed by atoms with van der Waals surface area (Å²) < 4.78 is 69.2. The van der Waals surface area contributed by atoms with E-state index in [0.717, 1.165) is 25.7 Å². The Kier molecular flexibility index (Phi) is 7.51. The quantitative estimate of drug-likeness (QED) is 0.602. The van der Waals surface area contributed by atoms with Gasteiger partial charge in [0.2, 0.25) is 20.0 Å². The van der Waals surface area contributed by atoms with Crippen molar-refractivity contribution >= 4 is 20.0 Å². The van der Waals surface area contributed by atoms with Crippen LogP contribution in [0.1, 0.15) is 51.5 Å². The molecule has 0 bridgehead atoms. The van der Waals surface area contributed by atoms with E-state index in [4.69, 9.17) is 0 Å². The van der Waals surface area contributed by atoms with Crippen LogP contribution in [-0.4, -0.2) is 33.2 Å². The number of hydrogen-bond donors (Lipinski definition) is 1. The van der Waals surface area contributed by atoms with Gasteiger partial charge >= 0.3 is 0 Å². The van der Waals surface area contributed by atoms with E-state index in [9.17, 15) is 21.2 Å². The van der Waals surface area contributed by atoms with E-state index in [1.165, 1.54) is 40.7 Å². The molecule has 9 heteroatoms. The first kappa shape index (κ1) is 23.8. The lowest BCUT2D eigenvalue weighted by atomic mass is 10.2. The molecular weight excluding hydrogens is 439 g/mol. The van der Waals surface area contributed by atoms with Gasteiger partial charge in [-0.05, 0) is 68.1 Å². The van der Waals surface area contributed by atoms with E-state index in [1.807, 2.05) is 13.8 Å². The van der Waals surface area contributed by atoms with Crippen LogP contribution in [0.15, 0.2) is 58.3 Å². The highest BCUT2D eigenvalue weighted by atomic mass is 32.2. The minimum Gasteiger partial charge on any atom is -0.208 e. The minimum atomic E-state index is -3.88. The number of halogens is 1. The molecule has 0 aliphatic heterocycles. The molecule has 31 heavy (non-hydrogen) atoms. The van der Waals surface area contributed by atoms with Crippen molar-refractivity contribution in [1.82, 2.24) is 9.03 Å². The van der Waals surface area contributed by atoms with Gasteiger partial charge in [0, 0.05) is 18.6 Å². The molecule has 1 saturated carbocycles. The fourth-order valence-electron chi connectivity index (χ4n) is 3.71. The maximum atomic E-state index is 13.3. The highest BCUT2D eigenvalue weighted by Gasteiger charge is 2.29. The van der Waals surface area contributed by atoms with E-state index in [2.05, 4.69) is 4.72 Å². The second kappa shape index (κ2) is 9.77. The summed E-state index contributed by atoms with van der Waals surface area (Å²) in [5.41, 5.74) is 0.672. The van der Waals surface area contributed by atoms with Crippen molar-refractivity contribution in [2.24, 2.45) is 0 Å². The van der Waals surface area contributed by atoms with Gasteiger partial charge in [-0.2, -0.15) is 4.31 Å². The molecule has 1 atom stereocenters. The zero-order valence-corrected chi connectivity index (χ0v) is 19.4. The average molecular weight is 469 g/mol. The zero-order valence-electron chi connectivity index (χ0n) is 17.8. The second-order valence-corrected chi connectivity index (χ2v) is 11.6. The van der Waals surface area contributed by atoms with Gasteiger partial charge in [-0.25, -0.2) is 25.9 Å². The Morgan fingerprint density at radius 3 is 2.06 bits per heavy atom. The Labute approximate surface area is 184 Å². The summed E-state index contributed by atoms with van der Waals surface area (Å²) in [7, 11) is -7.57. The lowest BCUT2D eigenvalue weighted by Crippen LogP contribution is -2.37. The molecule has 0 spiro atoms. The Morgan fingerprint density at radius 2 is 1.52 bits per heavy atom. The van der Waals surface area contributed by atoms with Crippen molar-refractivity contribution in [2.45, 2.75) is 74.4 Å². The largest absolute Gasteiger partial charge is 0.243 e. The molecule has 0 unspecified atom stereocenters. The molecule has 3 rings (SSSR count). The van der Waals surface area contributed by atoms with Crippen molar-refractivity contribution in [1.29, 1.82) is 0 Å². The Morgan fingerprint density at radius 1 is 0.968 bits per heavy atom. The topological polar surface area (TPSA) is 83.6 Å². The van der Waals surface area contributed by atoms with Crippen molar-refractivity contribution in [3.8, 4) is 0 Å². The van der Waals surface area contributed by atoms with Gasteiger partial charge in [-0.3, -0.25) is 0 Å². The summed E-state index contributed by atoms with van der Waals surface area (Å²) in [5, 5.41) is 0. The Hall–Kier alpha value is -1.81. The first-order valence-corrected chi connectivity index (χ1v) is 13.4. The molecule has 6 nitrogen and oxygen atoms in total. The number of hydrogen-bond acceptors (Lipinski definition) is 4. The number of rotatable bonds is 9. The summed E-state index contributed by atoms with van der Waals surface area (Å²) in [6.07, 6.45) is 4.24. The number of benzene rings is 2. The Balaban J connectivity index is 1.84. The van der Waals surface area contributed by atoms with Crippen LogP contribution >= 0.6 is 0 Å². The van der Waals surface area contributed by atoms with Crippen molar-refractivity contribution in [2.75, 3.05) is 0 Å². The third-order valence-corrected chi connectivity index (χ3v) is 9.26. The van der Waals surface area contributed by atoms with Crippen LogP contribution in [0.2, 0.25) is 0 Å². The molecule has 0 saturated heterocycles. The van der Waals surface area contributed by atoms with Gasteiger partial charge < -0.3 is 0 Å². The molecule has 1 aliphatic carbocycles. The fourth-order valence-corrected chi connectivity index (χ4v) is 6.71. The molecule has 170 valence electrons. The SMILES string of the molecule is CC[C@@H](C)N(Cc1ccc(F)cc1)S(=O)(=O)c1ccc(S(=O)(=O)NC2CCCC2)cc1. The van der Waals surface area contributed by atoms with Crippen LogP contribution in [-0.2, 0) is 26.6 Å². The summed E-state index contributed by atoms with van der Waals surface area (Å²) in [5.74, 6) is -0.385. The predicted molar refractivity (Wildman–Crippen MR) is 118 cm³/mol. The molecule has 0 heterocycles. The molecule has 1 aliphatic rings. The lowest BCUT2D eigenvalue weighted by molar-refractivity contribution is 0.323. The van der Waals surface area contributed by atoms with E-state index >= 15 is 0 Å². The van der Waals surface area contributed by atoms with E-state index in [0.29, 0.717) is 12.0 Å². The average Bonchev–Trinajstić information content (AvgIpc) is 3.25. The molecule has 0 aromatic heterocycles. The van der Waals surface area contributed by atoms with Crippen LogP contribution in [0, 0.1) is 5.82 Å². The fraction of sp³-hybridized carbons (Fsp3) is 0.455. The molecule has 2 aromatic carbocycles. The molecule has 2 aromatic rings. The van der Waals surface area contributed by atoms with Gasteiger partial charge in [-0.1, -0.05) is 31.9 Å². The first-order valence-electron chi connectivity index (χ1n) is 10.5. The van der Waals surface area contributed by atoms with E-state index in [-0.39, 0.29) is 34.2 Å². The van der Waals surface area contributed by atoms with Crippen LogP contribution in [0.4, 0.5) is 4.39 Å². The monoisotopic (exact) mass is 468 g/mol. The van der Waals surface area contributed by atoms with Crippen LogP contribution in [0.5, 0.6) is 0 Å². The maximum Gasteiger partial charge on any atom is 0.243 e. The molecular formula is C22H29FN2O4S2. The van der Waals surface area contributed by atoms with Crippen molar-refractivity contribution in [3.63, 3.8) is 0 Å². The first-order chi connectivity index (χ1) is 14.6. The third-order valence-electron chi connectivity index (χ3n) is 5.75. The summed E-state index contributed by atoms with van der Waals surface area (Å²) in [4.78, 5) is 0.0710. The van der Waals surface area contributed by atoms with Gasteiger partial charge in [0.05, 0.1) is 9.79 Å². The van der Waals surface area contributed by atoms with Gasteiger partial charge in [-0.15, -0.1) is 0 Å². The van der Waals surface area contributed by atoms with E-state index < -0.39 is 20.0 Å². The molecule has 1 fully saturated rings. The van der Waals surface area contributed by atoms with Crippen molar-refractivity contribution in [3.05, 3.63) is 59.9 Å². The molecule has 0 amide bonds. The van der Waals surface area contributed by atoms with Crippen LogP contribution in [0.25, 0.3) is 0 Å². The highest BCUT2D eigenvalue weighted by molar-refractivity contribution is 7.89. The molecule has 0 radical (unpaired) electrons.